The van der Waals surface area contributed by atoms with E-state index in [1.54, 1.807) is 12.1 Å². The molecule has 3 rings (SSSR count). The van der Waals surface area contributed by atoms with Gasteiger partial charge < -0.3 is 15.0 Å². The van der Waals surface area contributed by atoms with Gasteiger partial charge in [0.1, 0.15) is 11.9 Å². The standard InChI is InChI=1S/C20H24F4N4OS.HI/c1-3-25-19(26-9-8-18-27-17(12-30-18)20(22,23)24)28-10-13(2)29-16(11-28)14-4-6-15(21)7-5-14;/h4-7,12-13,16H,3,8-11H2,1-2H3,(H,25,26);1H. The predicted molar refractivity (Wildman–Crippen MR) is 123 cm³/mol. The molecule has 0 bridgehead atoms. The van der Waals surface area contributed by atoms with Crippen LogP contribution in [0.2, 0.25) is 0 Å². The average Bonchev–Trinajstić information content (AvgIpc) is 3.17. The van der Waals surface area contributed by atoms with Crippen molar-refractivity contribution in [1.29, 1.82) is 0 Å². The Kier molecular flexibility index (Phi) is 9.49. The minimum absolute atomic E-state index is 0. The van der Waals surface area contributed by atoms with Crippen molar-refractivity contribution in [3.05, 3.63) is 51.7 Å². The number of ether oxygens (including phenoxy) is 1. The number of nitrogens with zero attached hydrogens (tertiary/aromatic N) is 3. The second kappa shape index (κ2) is 11.4. The van der Waals surface area contributed by atoms with E-state index in [9.17, 15) is 17.6 Å². The molecule has 1 aromatic carbocycles. The van der Waals surface area contributed by atoms with Crippen LogP contribution in [0.15, 0.2) is 34.6 Å². The highest BCUT2D eigenvalue weighted by atomic mass is 127. The van der Waals surface area contributed by atoms with E-state index in [-0.39, 0.29) is 42.0 Å². The third kappa shape index (κ3) is 7.28. The zero-order valence-corrected chi connectivity index (χ0v) is 20.3. The highest BCUT2D eigenvalue weighted by Crippen LogP contribution is 2.30. The SMILES string of the molecule is CCNC(=NCCc1nc(C(F)(F)F)cs1)N1CC(C)OC(c2ccc(F)cc2)C1.I. The molecule has 1 fully saturated rings. The van der Waals surface area contributed by atoms with E-state index in [1.807, 2.05) is 13.8 Å². The van der Waals surface area contributed by atoms with E-state index in [2.05, 4.69) is 20.2 Å². The minimum Gasteiger partial charge on any atom is -0.367 e. The van der Waals surface area contributed by atoms with Crippen LogP contribution >= 0.6 is 35.3 Å². The molecule has 2 heterocycles. The number of aliphatic imine (C=N–C) groups is 1. The lowest BCUT2D eigenvalue weighted by atomic mass is 10.1. The summed E-state index contributed by atoms with van der Waals surface area (Å²) in [4.78, 5) is 10.3. The van der Waals surface area contributed by atoms with Crippen molar-refractivity contribution in [3.8, 4) is 0 Å². The largest absolute Gasteiger partial charge is 0.434 e. The Morgan fingerprint density at radius 2 is 2.00 bits per heavy atom. The van der Waals surface area contributed by atoms with Crippen LogP contribution in [0.1, 0.15) is 36.2 Å². The topological polar surface area (TPSA) is 49.8 Å². The first-order valence-corrected chi connectivity index (χ1v) is 10.6. The molecule has 1 N–H and O–H groups in total. The first-order valence-electron chi connectivity index (χ1n) is 9.72. The molecule has 0 saturated carbocycles. The van der Waals surface area contributed by atoms with Gasteiger partial charge in [-0.25, -0.2) is 9.37 Å². The van der Waals surface area contributed by atoms with Crippen molar-refractivity contribution in [2.24, 2.45) is 4.99 Å². The molecule has 1 aliphatic heterocycles. The van der Waals surface area contributed by atoms with Crippen LogP contribution in [0, 0.1) is 5.82 Å². The molecule has 2 atom stereocenters. The highest BCUT2D eigenvalue weighted by molar-refractivity contribution is 14.0. The van der Waals surface area contributed by atoms with Gasteiger partial charge in [0, 0.05) is 31.4 Å². The number of halogens is 5. The number of alkyl halides is 3. The molecule has 0 spiro atoms. The summed E-state index contributed by atoms with van der Waals surface area (Å²) < 4.78 is 57.3. The summed E-state index contributed by atoms with van der Waals surface area (Å²) >= 11 is 0.991. The predicted octanol–water partition coefficient (Wildman–Crippen LogP) is 4.89. The molecular weight excluding hydrogens is 547 g/mol. The van der Waals surface area contributed by atoms with Gasteiger partial charge in [0.05, 0.1) is 17.7 Å². The van der Waals surface area contributed by atoms with Gasteiger partial charge in [-0.1, -0.05) is 12.1 Å². The van der Waals surface area contributed by atoms with Crippen molar-refractivity contribution in [2.75, 3.05) is 26.2 Å². The van der Waals surface area contributed by atoms with Crippen molar-refractivity contribution in [2.45, 2.75) is 38.7 Å². The summed E-state index contributed by atoms with van der Waals surface area (Å²) in [5.74, 6) is 0.373. The number of morpholine rings is 1. The van der Waals surface area contributed by atoms with E-state index in [1.165, 1.54) is 12.1 Å². The number of aromatic nitrogens is 1. The Morgan fingerprint density at radius 3 is 2.61 bits per heavy atom. The van der Waals surface area contributed by atoms with Crippen LogP contribution in [-0.2, 0) is 17.3 Å². The molecule has 0 radical (unpaired) electrons. The molecule has 2 aromatic rings. The van der Waals surface area contributed by atoms with Crippen molar-refractivity contribution in [1.82, 2.24) is 15.2 Å². The minimum atomic E-state index is -4.42. The Bertz CT molecular complexity index is 860. The van der Waals surface area contributed by atoms with E-state index in [0.717, 1.165) is 22.3 Å². The van der Waals surface area contributed by atoms with Gasteiger partial charge in [-0.05, 0) is 31.5 Å². The lowest BCUT2D eigenvalue weighted by Crippen LogP contribution is -2.50. The first-order chi connectivity index (χ1) is 14.3. The lowest BCUT2D eigenvalue weighted by molar-refractivity contribution is -0.140. The average molecular weight is 572 g/mol. The zero-order chi connectivity index (χ0) is 21.7. The fraction of sp³-hybridized carbons (Fsp3) is 0.500. The Hall–Kier alpha value is -1.47. The number of nitrogens with one attached hydrogen (secondary N) is 1. The molecule has 172 valence electrons. The third-order valence-electron chi connectivity index (χ3n) is 4.57. The van der Waals surface area contributed by atoms with E-state index in [0.29, 0.717) is 43.6 Å². The number of thiazole rings is 1. The second-order valence-electron chi connectivity index (χ2n) is 7.00. The summed E-state index contributed by atoms with van der Waals surface area (Å²) in [7, 11) is 0. The van der Waals surface area contributed by atoms with Crippen LogP contribution in [0.3, 0.4) is 0 Å². The Balaban J connectivity index is 0.00000341. The van der Waals surface area contributed by atoms with Gasteiger partial charge >= 0.3 is 6.18 Å². The Morgan fingerprint density at radius 1 is 1.29 bits per heavy atom. The number of rotatable bonds is 5. The van der Waals surface area contributed by atoms with E-state index < -0.39 is 11.9 Å². The van der Waals surface area contributed by atoms with Gasteiger partial charge in [0.25, 0.3) is 0 Å². The maximum atomic E-state index is 13.2. The maximum absolute atomic E-state index is 13.2. The second-order valence-corrected chi connectivity index (χ2v) is 7.94. The van der Waals surface area contributed by atoms with Gasteiger partial charge in [-0.2, -0.15) is 13.2 Å². The van der Waals surface area contributed by atoms with Crippen molar-refractivity contribution >= 4 is 41.3 Å². The number of hydrogen-bond acceptors (Lipinski definition) is 4. The smallest absolute Gasteiger partial charge is 0.367 e. The quantitative estimate of drug-likeness (QED) is 0.240. The van der Waals surface area contributed by atoms with Crippen LogP contribution in [0.5, 0.6) is 0 Å². The van der Waals surface area contributed by atoms with Gasteiger partial charge in [0.2, 0.25) is 0 Å². The molecule has 0 aliphatic carbocycles. The van der Waals surface area contributed by atoms with Gasteiger partial charge in [-0.15, -0.1) is 35.3 Å². The molecule has 2 unspecified atom stereocenters. The van der Waals surface area contributed by atoms with E-state index >= 15 is 0 Å². The summed E-state index contributed by atoms with van der Waals surface area (Å²) in [6.07, 6.45) is -4.39. The monoisotopic (exact) mass is 572 g/mol. The van der Waals surface area contributed by atoms with Crippen LogP contribution in [-0.4, -0.2) is 48.1 Å². The number of benzene rings is 1. The molecule has 31 heavy (non-hydrogen) atoms. The van der Waals surface area contributed by atoms with E-state index in [4.69, 9.17) is 4.74 Å². The molecular formula is C20H25F4IN4OS. The third-order valence-corrected chi connectivity index (χ3v) is 5.47. The van der Waals surface area contributed by atoms with Crippen LogP contribution < -0.4 is 5.32 Å². The van der Waals surface area contributed by atoms with Crippen LogP contribution in [0.4, 0.5) is 17.6 Å². The zero-order valence-electron chi connectivity index (χ0n) is 17.2. The molecule has 11 heteroatoms. The molecule has 1 aromatic heterocycles. The van der Waals surface area contributed by atoms with Crippen LogP contribution in [0.25, 0.3) is 0 Å². The molecule has 0 amide bonds. The van der Waals surface area contributed by atoms with Gasteiger partial charge in [-0.3, -0.25) is 4.99 Å². The fourth-order valence-electron chi connectivity index (χ4n) is 3.23. The number of guanidine groups is 1. The summed E-state index contributed by atoms with van der Waals surface area (Å²) in [6.45, 7) is 6.05. The normalized spacial score (nSPS) is 19.8. The highest BCUT2D eigenvalue weighted by Gasteiger charge is 2.33. The fourth-order valence-corrected chi connectivity index (χ4v) is 4.02. The summed E-state index contributed by atoms with van der Waals surface area (Å²) in [5, 5.41) is 4.67. The summed E-state index contributed by atoms with van der Waals surface area (Å²) in [5.41, 5.74) is 0.0220. The van der Waals surface area contributed by atoms with Crippen molar-refractivity contribution in [3.63, 3.8) is 0 Å². The summed E-state index contributed by atoms with van der Waals surface area (Å²) in [6, 6.07) is 6.23. The molecule has 5 nitrogen and oxygen atoms in total. The maximum Gasteiger partial charge on any atom is 0.434 e. The molecule has 1 aliphatic rings. The lowest BCUT2D eigenvalue weighted by Gasteiger charge is -2.38. The molecule has 1 saturated heterocycles. The number of hydrogen-bond donors (Lipinski definition) is 1. The van der Waals surface area contributed by atoms with Crippen molar-refractivity contribution < 1.29 is 22.3 Å². The van der Waals surface area contributed by atoms with Gasteiger partial charge in [0.15, 0.2) is 11.7 Å². The Labute approximate surface area is 199 Å². The first kappa shape index (κ1) is 25.8.